The van der Waals surface area contributed by atoms with Gasteiger partial charge in [-0.2, -0.15) is 0 Å². The minimum Gasteiger partial charge on any atom is -0.320 e. The van der Waals surface area contributed by atoms with E-state index < -0.39 is 0 Å². The summed E-state index contributed by atoms with van der Waals surface area (Å²) in [4.78, 5) is 5.11. The summed E-state index contributed by atoms with van der Waals surface area (Å²) < 4.78 is 0. The van der Waals surface area contributed by atoms with Crippen molar-refractivity contribution in [3.8, 4) is 11.8 Å². The predicted octanol–water partition coefficient (Wildman–Crippen LogP) is 3.46. The Kier molecular flexibility index (Phi) is 8.57. The van der Waals surface area contributed by atoms with Crippen molar-refractivity contribution in [3.63, 3.8) is 0 Å². The number of thiophene rings is 1. The predicted molar refractivity (Wildman–Crippen MR) is 85.3 cm³/mol. The first-order valence-electron chi connectivity index (χ1n) is 7.30. The molecule has 0 aliphatic heterocycles. The molecule has 0 saturated heterocycles. The van der Waals surface area contributed by atoms with Crippen molar-refractivity contribution >= 4 is 11.3 Å². The molecular formula is C16H26N2S. The van der Waals surface area contributed by atoms with E-state index in [1.165, 1.54) is 43.6 Å². The molecule has 1 aromatic rings. The van der Waals surface area contributed by atoms with Crippen LogP contribution in [-0.2, 0) is 6.54 Å². The first-order valence-corrected chi connectivity index (χ1v) is 8.11. The lowest BCUT2D eigenvalue weighted by atomic mass is 10.2. The van der Waals surface area contributed by atoms with Crippen LogP contribution in [0.1, 0.15) is 49.3 Å². The Bertz CT molecular complexity index is 392. The third-order valence-electron chi connectivity index (χ3n) is 3.01. The number of nitrogens with zero attached hydrogens (tertiary/aromatic N) is 1. The number of hydrogen-bond donors (Lipinski definition) is 1. The molecule has 0 unspecified atom stereocenters. The van der Waals surface area contributed by atoms with E-state index in [9.17, 15) is 0 Å². The molecule has 0 aliphatic rings. The van der Waals surface area contributed by atoms with Gasteiger partial charge in [0, 0.05) is 11.4 Å². The second-order valence-corrected chi connectivity index (χ2v) is 5.92. The molecule has 2 nitrogen and oxygen atoms in total. The molecule has 0 bridgehead atoms. The van der Waals surface area contributed by atoms with E-state index >= 15 is 0 Å². The molecule has 0 aliphatic carbocycles. The molecule has 0 aromatic carbocycles. The summed E-state index contributed by atoms with van der Waals surface area (Å²) in [5.74, 6) is 6.02. The number of nitrogens with two attached hydrogens (primary N) is 1. The SMILES string of the molecule is CCCCN(CCCC)Cc1ccc(C#CCN)s1. The summed E-state index contributed by atoms with van der Waals surface area (Å²) in [7, 11) is 0. The fourth-order valence-corrected chi connectivity index (χ4v) is 2.85. The van der Waals surface area contributed by atoms with E-state index in [4.69, 9.17) is 5.73 Å². The summed E-state index contributed by atoms with van der Waals surface area (Å²) in [5.41, 5.74) is 5.40. The highest BCUT2D eigenvalue weighted by molar-refractivity contribution is 7.12. The van der Waals surface area contributed by atoms with Gasteiger partial charge in [0.2, 0.25) is 0 Å². The smallest absolute Gasteiger partial charge is 0.0772 e. The minimum absolute atomic E-state index is 0.437. The van der Waals surface area contributed by atoms with Crippen LogP contribution in [0.2, 0.25) is 0 Å². The lowest BCUT2D eigenvalue weighted by Crippen LogP contribution is -2.25. The van der Waals surface area contributed by atoms with Crippen molar-refractivity contribution in [2.45, 2.75) is 46.1 Å². The third-order valence-corrected chi connectivity index (χ3v) is 4.00. The van der Waals surface area contributed by atoms with Gasteiger partial charge in [-0.05, 0) is 38.1 Å². The molecule has 1 rings (SSSR count). The Morgan fingerprint density at radius 3 is 2.42 bits per heavy atom. The van der Waals surface area contributed by atoms with Gasteiger partial charge in [0.25, 0.3) is 0 Å². The molecule has 0 saturated carbocycles. The lowest BCUT2D eigenvalue weighted by Gasteiger charge is -2.21. The maximum Gasteiger partial charge on any atom is 0.0772 e. The van der Waals surface area contributed by atoms with Gasteiger partial charge in [-0.1, -0.05) is 38.5 Å². The van der Waals surface area contributed by atoms with Crippen LogP contribution in [-0.4, -0.2) is 24.5 Å². The van der Waals surface area contributed by atoms with E-state index in [1.807, 2.05) is 0 Å². The minimum atomic E-state index is 0.437. The van der Waals surface area contributed by atoms with E-state index in [0.717, 1.165) is 11.4 Å². The fraction of sp³-hybridized carbons (Fsp3) is 0.625. The maximum absolute atomic E-state index is 5.40. The van der Waals surface area contributed by atoms with Gasteiger partial charge in [0.1, 0.15) is 0 Å². The summed E-state index contributed by atoms with van der Waals surface area (Å²) in [6, 6.07) is 4.32. The van der Waals surface area contributed by atoms with E-state index in [-0.39, 0.29) is 0 Å². The molecule has 3 heteroatoms. The van der Waals surface area contributed by atoms with Crippen molar-refractivity contribution in [2.24, 2.45) is 5.73 Å². The Morgan fingerprint density at radius 2 is 1.84 bits per heavy atom. The van der Waals surface area contributed by atoms with Crippen LogP contribution in [0.4, 0.5) is 0 Å². The van der Waals surface area contributed by atoms with Gasteiger partial charge in [-0.25, -0.2) is 0 Å². The van der Waals surface area contributed by atoms with Crippen LogP contribution in [0.25, 0.3) is 0 Å². The maximum atomic E-state index is 5.40. The first-order chi connectivity index (χ1) is 9.30. The molecule has 0 atom stereocenters. The van der Waals surface area contributed by atoms with Crippen molar-refractivity contribution < 1.29 is 0 Å². The molecule has 106 valence electrons. The second-order valence-electron chi connectivity index (χ2n) is 4.76. The van der Waals surface area contributed by atoms with E-state index in [2.05, 4.69) is 42.7 Å². The summed E-state index contributed by atoms with van der Waals surface area (Å²) in [5, 5.41) is 0. The molecule has 2 N–H and O–H groups in total. The highest BCUT2D eigenvalue weighted by Crippen LogP contribution is 2.18. The van der Waals surface area contributed by atoms with Gasteiger partial charge in [-0.15, -0.1) is 11.3 Å². The van der Waals surface area contributed by atoms with Gasteiger partial charge in [0.05, 0.1) is 11.4 Å². The average molecular weight is 278 g/mol. The van der Waals surface area contributed by atoms with E-state index in [1.54, 1.807) is 11.3 Å². The molecule has 0 amide bonds. The standard InChI is InChI=1S/C16H26N2S/c1-3-5-12-18(13-6-4-2)14-16-10-9-15(19-16)8-7-11-17/h9-10H,3-6,11-14,17H2,1-2H3. The monoisotopic (exact) mass is 278 g/mol. The Morgan fingerprint density at radius 1 is 1.16 bits per heavy atom. The molecule has 0 spiro atoms. The van der Waals surface area contributed by atoms with Crippen molar-refractivity contribution in [1.29, 1.82) is 0 Å². The van der Waals surface area contributed by atoms with Crippen molar-refractivity contribution in [1.82, 2.24) is 4.90 Å². The summed E-state index contributed by atoms with van der Waals surface area (Å²) >= 11 is 1.80. The van der Waals surface area contributed by atoms with Gasteiger partial charge >= 0.3 is 0 Å². The number of hydrogen-bond acceptors (Lipinski definition) is 3. The Labute approximate surface area is 122 Å². The molecule has 0 radical (unpaired) electrons. The first kappa shape index (κ1) is 16.2. The van der Waals surface area contributed by atoms with Gasteiger partial charge in [-0.3, -0.25) is 4.90 Å². The Hall–Kier alpha value is -0.820. The van der Waals surface area contributed by atoms with Crippen LogP contribution in [0.15, 0.2) is 12.1 Å². The lowest BCUT2D eigenvalue weighted by molar-refractivity contribution is 0.259. The van der Waals surface area contributed by atoms with Crippen LogP contribution >= 0.6 is 11.3 Å². The van der Waals surface area contributed by atoms with Crippen LogP contribution in [0.3, 0.4) is 0 Å². The van der Waals surface area contributed by atoms with E-state index in [0.29, 0.717) is 6.54 Å². The van der Waals surface area contributed by atoms with Gasteiger partial charge < -0.3 is 5.73 Å². The van der Waals surface area contributed by atoms with Crippen LogP contribution < -0.4 is 5.73 Å². The molecule has 19 heavy (non-hydrogen) atoms. The quantitative estimate of drug-likeness (QED) is 0.738. The largest absolute Gasteiger partial charge is 0.320 e. The number of rotatable bonds is 8. The third kappa shape index (κ3) is 6.77. The Balaban J connectivity index is 2.53. The zero-order valence-electron chi connectivity index (χ0n) is 12.2. The summed E-state index contributed by atoms with van der Waals surface area (Å²) in [6.45, 7) is 8.42. The molecular weight excluding hydrogens is 252 g/mol. The average Bonchev–Trinajstić information content (AvgIpc) is 2.87. The zero-order chi connectivity index (χ0) is 13.9. The number of unbranched alkanes of at least 4 members (excludes halogenated alkanes) is 2. The zero-order valence-corrected chi connectivity index (χ0v) is 13.1. The highest BCUT2D eigenvalue weighted by Gasteiger charge is 2.06. The van der Waals surface area contributed by atoms with Crippen molar-refractivity contribution in [3.05, 3.63) is 21.9 Å². The molecule has 0 fully saturated rings. The molecule has 1 aromatic heterocycles. The second kappa shape index (κ2) is 10.0. The van der Waals surface area contributed by atoms with Crippen LogP contribution in [0, 0.1) is 11.8 Å². The highest BCUT2D eigenvalue weighted by atomic mass is 32.1. The van der Waals surface area contributed by atoms with Crippen LogP contribution in [0.5, 0.6) is 0 Å². The van der Waals surface area contributed by atoms with Gasteiger partial charge in [0.15, 0.2) is 0 Å². The normalized spacial score (nSPS) is 10.5. The molecule has 1 heterocycles. The fourth-order valence-electron chi connectivity index (χ4n) is 1.92. The summed E-state index contributed by atoms with van der Waals surface area (Å²) in [6.07, 6.45) is 5.10. The topological polar surface area (TPSA) is 29.3 Å². The van der Waals surface area contributed by atoms with Crippen molar-refractivity contribution in [2.75, 3.05) is 19.6 Å².